The predicted octanol–water partition coefficient (Wildman–Crippen LogP) is 3.98. The van der Waals surface area contributed by atoms with E-state index in [1.807, 2.05) is 42.5 Å². The summed E-state index contributed by atoms with van der Waals surface area (Å²) in [4.78, 5) is 31.8. The lowest BCUT2D eigenvalue weighted by Gasteiger charge is -2.24. The summed E-state index contributed by atoms with van der Waals surface area (Å²) in [6.45, 7) is 7.79. The van der Waals surface area contributed by atoms with Gasteiger partial charge in [0, 0.05) is 0 Å². The minimum atomic E-state index is -0.631. The molecule has 4 rings (SSSR count). The van der Waals surface area contributed by atoms with Gasteiger partial charge < -0.3 is 14.2 Å². The molecule has 0 saturated carbocycles. The minimum Gasteiger partial charge on any atom is -0.493 e. The van der Waals surface area contributed by atoms with E-state index in [4.69, 9.17) is 14.2 Å². The van der Waals surface area contributed by atoms with E-state index in [-0.39, 0.29) is 12.2 Å². The normalized spacial score (nSPS) is 15.2. The highest BCUT2D eigenvalue weighted by molar-refractivity contribution is 14.1. The van der Waals surface area contributed by atoms with E-state index in [9.17, 15) is 9.59 Å². The summed E-state index contributed by atoms with van der Waals surface area (Å²) in [6, 6.07) is 12.6. The van der Waals surface area contributed by atoms with Gasteiger partial charge in [0.25, 0.3) is 5.56 Å². The highest BCUT2D eigenvalue weighted by Gasteiger charge is 2.33. The molecule has 0 fully saturated rings. The Hall–Kier alpha value is -3.18. The first-order valence-electron chi connectivity index (χ1n) is 11.2. The Morgan fingerprint density at radius 3 is 2.69 bits per heavy atom. The van der Waals surface area contributed by atoms with Crippen molar-refractivity contribution >= 4 is 46.0 Å². The lowest BCUT2D eigenvalue weighted by Crippen LogP contribution is -2.39. The van der Waals surface area contributed by atoms with Crippen LogP contribution >= 0.6 is 33.9 Å². The molecule has 0 saturated heterocycles. The molecule has 3 aromatic rings. The van der Waals surface area contributed by atoms with Crippen molar-refractivity contribution in [2.24, 2.45) is 4.99 Å². The Labute approximate surface area is 226 Å². The number of esters is 1. The zero-order valence-corrected chi connectivity index (χ0v) is 23.1. The fraction of sp³-hybridized carbons (Fsp3) is 0.222. The molecule has 9 heteroatoms. The van der Waals surface area contributed by atoms with E-state index in [2.05, 4.69) is 34.2 Å². The van der Waals surface area contributed by atoms with Gasteiger partial charge in [-0.2, -0.15) is 0 Å². The third kappa shape index (κ3) is 5.03. The molecule has 36 heavy (non-hydrogen) atoms. The second-order valence-electron chi connectivity index (χ2n) is 7.85. The lowest BCUT2D eigenvalue weighted by atomic mass is 9.96. The van der Waals surface area contributed by atoms with Crippen molar-refractivity contribution in [2.45, 2.75) is 19.9 Å². The molecule has 0 N–H and O–H groups in total. The highest BCUT2D eigenvalue weighted by Crippen LogP contribution is 2.34. The number of aromatic nitrogens is 1. The quantitative estimate of drug-likeness (QED) is 0.218. The van der Waals surface area contributed by atoms with Crippen LogP contribution in [0.4, 0.5) is 0 Å². The number of methoxy groups -OCH3 is 1. The number of rotatable bonds is 8. The number of ether oxygens (including phenoxy) is 3. The van der Waals surface area contributed by atoms with Gasteiger partial charge in [0.05, 0.1) is 39.1 Å². The molecule has 2 heterocycles. The van der Waals surface area contributed by atoms with Crippen LogP contribution in [0.5, 0.6) is 11.5 Å². The number of hydrogen-bond donors (Lipinski definition) is 0. The van der Waals surface area contributed by atoms with Crippen LogP contribution in [-0.2, 0) is 9.53 Å². The molecule has 7 nitrogen and oxygen atoms in total. The van der Waals surface area contributed by atoms with E-state index >= 15 is 0 Å². The van der Waals surface area contributed by atoms with Crippen molar-refractivity contribution in [1.82, 2.24) is 4.57 Å². The largest absolute Gasteiger partial charge is 0.493 e. The molecule has 2 aromatic carbocycles. The molecule has 186 valence electrons. The SMILES string of the molecule is C=CCOc1c(I)cc(/C=c2/sc3n(c2=O)[C@@H](c2ccccc2)C(C(=O)OCC)=C(C)N=3)cc1OC. The monoisotopic (exact) mass is 616 g/mol. The number of allylic oxidation sites excluding steroid dienone is 1. The van der Waals surface area contributed by atoms with Crippen molar-refractivity contribution in [3.05, 3.63) is 101 Å². The zero-order chi connectivity index (χ0) is 25.8. The predicted molar refractivity (Wildman–Crippen MR) is 148 cm³/mol. The van der Waals surface area contributed by atoms with E-state index < -0.39 is 12.0 Å². The fourth-order valence-corrected chi connectivity index (χ4v) is 5.83. The molecule has 1 aliphatic heterocycles. The summed E-state index contributed by atoms with van der Waals surface area (Å²) < 4.78 is 19.5. The Kier molecular flexibility index (Phi) is 8.10. The summed E-state index contributed by atoms with van der Waals surface area (Å²) in [5.74, 6) is 0.706. The van der Waals surface area contributed by atoms with Crippen LogP contribution in [0, 0.1) is 3.57 Å². The molecule has 1 atom stereocenters. The standard InChI is InChI=1S/C27H25IN2O5S/c1-5-12-35-24-19(28)13-17(14-20(24)33-4)15-21-25(31)30-23(18-10-8-7-9-11-18)22(26(32)34-6-2)16(3)29-27(30)36-21/h5,7-11,13-15,23H,1,6,12H2,2-4H3/b21-15+/t23-/m0/s1. The van der Waals surface area contributed by atoms with E-state index in [1.54, 1.807) is 37.7 Å². The first-order valence-corrected chi connectivity index (χ1v) is 13.1. The van der Waals surface area contributed by atoms with E-state index in [0.717, 1.165) is 14.7 Å². The first kappa shape index (κ1) is 25.9. The summed E-state index contributed by atoms with van der Waals surface area (Å²) in [6.07, 6.45) is 3.47. The number of hydrogen-bond acceptors (Lipinski definition) is 7. The average molecular weight is 616 g/mol. The molecule has 0 bridgehead atoms. The topological polar surface area (TPSA) is 79.1 Å². The number of benzene rings is 2. The van der Waals surface area contributed by atoms with Gasteiger partial charge in [-0.05, 0) is 65.8 Å². The van der Waals surface area contributed by atoms with Crippen LogP contribution in [-0.4, -0.2) is 30.9 Å². The van der Waals surface area contributed by atoms with Crippen molar-refractivity contribution in [3.8, 4) is 11.5 Å². The van der Waals surface area contributed by atoms with Crippen molar-refractivity contribution in [1.29, 1.82) is 0 Å². The van der Waals surface area contributed by atoms with Crippen LogP contribution in [0.3, 0.4) is 0 Å². The Morgan fingerprint density at radius 2 is 2.03 bits per heavy atom. The molecule has 0 spiro atoms. The maximum Gasteiger partial charge on any atom is 0.338 e. The van der Waals surface area contributed by atoms with Gasteiger partial charge in [0.1, 0.15) is 6.61 Å². The molecular formula is C27H25IN2O5S. The third-order valence-corrected chi connectivity index (χ3v) is 7.31. The van der Waals surface area contributed by atoms with Gasteiger partial charge in [-0.3, -0.25) is 9.36 Å². The van der Waals surface area contributed by atoms with Crippen molar-refractivity contribution in [2.75, 3.05) is 20.3 Å². The molecule has 0 unspecified atom stereocenters. The molecule has 1 aromatic heterocycles. The lowest BCUT2D eigenvalue weighted by molar-refractivity contribution is -0.139. The van der Waals surface area contributed by atoms with Crippen molar-refractivity contribution in [3.63, 3.8) is 0 Å². The van der Waals surface area contributed by atoms with Gasteiger partial charge in [0.15, 0.2) is 16.3 Å². The van der Waals surface area contributed by atoms with Crippen LogP contribution < -0.4 is 24.4 Å². The minimum absolute atomic E-state index is 0.231. The van der Waals surface area contributed by atoms with Crippen molar-refractivity contribution < 1.29 is 19.0 Å². The molecule has 0 amide bonds. The van der Waals surface area contributed by atoms with Gasteiger partial charge in [0.2, 0.25) is 0 Å². The third-order valence-electron chi connectivity index (χ3n) is 5.53. The fourth-order valence-electron chi connectivity index (χ4n) is 4.00. The number of nitrogens with zero attached hydrogens (tertiary/aromatic N) is 2. The van der Waals surface area contributed by atoms with Crippen LogP contribution in [0.1, 0.15) is 31.0 Å². The van der Waals surface area contributed by atoms with Gasteiger partial charge in [-0.1, -0.05) is 54.3 Å². The van der Waals surface area contributed by atoms with Gasteiger partial charge in [-0.25, -0.2) is 9.79 Å². The number of carbonyl (C=O) groups is 1. The first-order chi connectivity index (χ1) is 17.4. The molecular weight excluding hydrogens is 591 g/mol. The van der Waals surface area contributed by atoms with Crippen LogP contribution in [0.25, 0.3) is 6.08 Å². The maximum absolute atomic E-state index is 13.7. The highest BCUT2D eigenvalue weighted by atomic mass is 127. The number of halogens is 1. The Bertz CT molecular complexity index is 1520. The number of fused-ring (bicyclic) bond motifs is 1. The second-order valence-corrected chi connectivity index (χ2v) is 10.0. The van der Waals surface area contributed by atoms with E-state index in [0.29, 0.717) is 38.7 Å². The summed E-state index contributed by atoms with van der Waals surface area (Å²) >= 11 is 3.46. The summed E-state index contributed by atoms with van der Waals surface area (Å²) in [5.41, 5.74) is 2.26. The second kappa shape index (κ2) is 11.3. The Balaban J connectivity index is 1.89. The molecule has 0 aliphatic carbocycles. The smallest absolute Gasteiger partial charge is 0.338 e. The summed E-state index contributed by atoms with van der Waals surface area (Å²) in [7, 11) is 1.57. The van der Waals surface area contributed by atoms with Crippen LogP contribution in [0.2, 0.25) is 0 Å². The molecule has 1 aliphatic rings. The number of carbonyl (C=O) groups excluding carboxylic acids is 1. The average Bonchev–Trinajstić information content (AvgIpc) is 3.17. The van der Waals surface area contributed by atoms with Gasteiger partial charge >= 0.3 is 5.97 Å². The maximum atomic E-state index is 13.7. The molecule has 0 radical (unpaired) electrons. The van der Waals surface area contributed by atoms with Gasteiger partial charge in [-0.15, -0.1) is 0 Å². The number of thiazole rings is 1. The van der Waals surface area contributed by atoms with E-state index in [1.165, 1.54) is 11.3 Å². The summed E-state index contributed by atoms with van der Waals surface area (Å²) in [5, 5.41) is 0. The zero-order valence-electron chi connectivity index (χ0n) is 20.1. The van der Waals surface area contributed by atoms with Crippen LogP contribution in [0.15, 0.2) is 76.2 Å². The Morgan fingerprint density at radius 1 is 1.28 bits per heavy atom.